The number of carboxylic acid groups (broad SMARTS) is 1. The highest BCUT2D eigenvalue weighted by molar-refractivity contribution is 5.93. The number of carboxylic acids is 1. The number of carbonyl (C=O) groups is 1. The molecule has 1 aliphatic carbocycles. The average Bonchev–Trinajstić information content (AvgIpc) is 3.16. The second-order valence-corrected chi connectivity index (χ2v) is 4.71. The van der Waals surface area contributed by atoms with E-state index in [0.717, 1.165) is 18.9 Å². The minimum absolute atomic E-state index is 0.0515. The number of nitrogens with zero attached hydrogens (tertiary/aromatic N) is 1. The van der Waals surface area contributed by atoms with Crippen LogP contribution in [0.1, 0.15) is 29.2 Å². The maximum absolute atomic E-state index is 13.5. The van der Waals surface area contributed by atoms with Crippen molar-refractivity contribution >= 4 is 22.6 Å². The molecule has 0 unspecified atom stereocenters. The number of hydrogen-bond acceptors (Lipinski definition) is 3. The smallest absolute Gasteiger partial charge is 0.341 e. The predicted octanol–water partition coefficient (Wildman–Crippen LogP) is 1.76. The molecule has 0 amide bonds. The maximum atomic E-state index is 13.5. The van der Waals surface area contributed by atoms with Gasteiger partial charge in [0.1, 0.15) is 11.4 Å². The Balaban J connectivity index is 2.45. The van der Waals surface area contributed by atoms with E-state index in [-0.39, 0.29) is 22.7 Å². The van der Waals surface area contributed by atoms with Gasteiger partial charge in [0.25, 0.3) is 0 Å². The number of nitrogens with two attached hydrogens (primary N) is 1. The number of aromatic nitrogens is 1. The minimum atomic E-state index is -1.31. The highest BCUT2D eigenvalue weighted by Gasteiger charge is 2.27. The van der Waals surface area contributed by atoms with Crippen molar-refractivity contribution in [1.29, 1.82) is 0 Å². The number of aromatic carboxylic acids is 1. The summed E-state index contributed by atoms with van der Waals surface area (Å²) in [7, 11) is 0. The third-order valence-electron chi connectivity index (χ3n) is 3.32. The third-order valence-corrected chi connectivity index (χ3v) is 3.32. The number of halogens is 1. The predicted molar refractivity (Wildman–Crippen MR) is 67.8 cm³/mol. The monoisotopic (exact) mass is 262 g/mol. The molecule has 0 radical (unpaired) electrons. The molecule has 98 valence electrons. The van der Waals surface area contributed by atoms with Crippen LogP contribution in [0.2, 0.25) is 0 Å². The first kappa shape index (κ1) is 11.7. The Morgan fingerprint density at radius 2 is 2.11 bits per heavy atom. The fourth-order valence-electron chi connectivity index (χ4n) is 2.19. The van der Waals surface area contributed by atoms with E-state index in [1.807, 2.05) is 0 Å². The zero-order chi connectivity index (χ0) is 13.7. The molecule has 0 aliphatic heterocycles. The van der Waals surface area contributed by atoms with Crippen LogP contribution in [0.3, 0.4) is 0 Å². The Kier molecular flexibility index (Phi) is 2.35. The number of anilines is 1. The van der Waals surface area contributed by atoms with Gasteiger partial charge in [-0.05, 0) is 25.0 Å². The lowest BCUT2D eigenvalue weighted by Gasteiger charge is -2.12. The van der Waals surface area contributed by atoms with Crippen molar-refractivity contribution in [2.75, 3.05) is 5.73 Å². The summed E-state index contributed by atoms with van der Waals surface area (Å²) in [4.78, 5) is 23.1. The minimum Gasteiger partial charge on any atom is -0.477 e. The number of fused-ring (bicyclic) bond motifs is 1. The van der Waals surface area contributed by atoms with E-state index < -0.39 is 17.2 Å². The molecule has 0 bridgehead atoms. The molecule has 0 spiro atoms. The van der Waals surface area contributed by atoms with Gasteiger partial charge >= 0.3 is 5.97 Å². The third kappa shape index (κ3) is 1.76. The van der Waals surface area contributed by atoms with Gasteiger partial charge in [-0.1, -0.05) is 0 Å². The Labute approximate surface area is 107 Å². The standard InChI is InChI=1S/C13H11FN2O3/c14-9-3-7-11(4-10(9)15)16(6-1-2-6)5-8(12(7)17)13(18)19/h3-6H,1-2,15H2,(H,18,19). The van der Waals surface area contributed by atoms with Gasteiger partial charge in [0.15, 0.2) is 0 Å². The fourth-order valence-corrected chi connectivity index (χ4v) is 2.19. The van der Waals surface area contributed by atoms with Gasteiger partial charge in [-0.15, -0.1) is 0 Å². The molecule has 5 nitrogen and oxygen atoms in total. The van der Waals surface area contributed by atoms with Gasteiger partial charge in [0.05, 0.1) is 11.2 Å². The van der Waals surface area contributed by atoms with Gasteiger partial charge in [-0.2, -0.15) is 0 Å². The van der Waals surface area contributed by atoms with Crippen LogP contribution in [0.5, 0.6) is 0 Å². The summed E-state index contributed by atoms with van der Waals surface area (Å²) in [5.74, 6) is -2.02. The summed E-state index contributed by atoms with van der Waals surface area (Å²) in [6.07, 6.45) is 3.14. The topological polar surface area (TPSA) is 85.3 Å². The molecule has 1 saturated carbocycles. The first-order chi connectivity index (χ1) is 8.99. The van der Waals surface area contributed by atoms with Crippen LogP contribution in [0.25, 0.3) is 10.9 Å². The summed E-state index contributed by atoms with van der Waals surface area (Å²) < 4.78 is 15.2. The lowest BCUT2D eigenvalue weighted by Crippen LogP contribution is -2.19. The van der Waals surface area contributed by atoms with E-state index in [9.17, 15) is 14.0 Å². The molecule has 1 aromatic carbocycles. The van der Waals surface area contributed by atoms with Gasteiger partial charge in [0.2, 0.25) is 5.43 Å². The van der Waals surface area contributed by atoms with E-state index >= 15 is 0 Å². The van der Waals surface area contributed by atoms with Crippen LogP contribution in [-0.2, 0) is 0 Å². The molecule has 1 fully saturated rings. The molecule has 19 heavy (non-hydrogen) atoms. The average molecular weight is 262 g/mol. The SMILES string of the molecule is Nc1cc2c(cc1F)c(=O)c(C(=O)O)cn2C1CC1. The molecular weight excluding hydrogens is 251 g/mol. The second kappa shape index (κ2) is 3.81. The first-order valence-corrected chi connectivity index (χ1v) is 5.86. The Morgan fingerprint density at radius 1 is 1.42 bits per heavy atom. The summed E-state index contributed by atoms with van der Waals surface area (Å²) >= 11 is 0. The molecule has 1 aromatic heterocycles. The van der Waals surface area contributed by atoms with Crippen molar-refractivity contribution in [2.45, 2.75) is 18.9 Å². The molecule has 0 atom stereocenters. The number of rotatable bonds is 2. The van der Waals surface area contributed by atoms with Crippen molar-refractivity contribution in [3.05, 3.63) is 39.9 Å². The van der Waals surface area contributed by atoms with Crippen LogP contribution in [-0.4, -0.2) is 15.6 Å². The molecule has 0 saturated heterocycles. The van der Waals surface area contributed by atoms with Gasteiger partial charge in [-0.3, -0.25) is 4.79 Å². The van der Waals surface area contributed by atoms with Crippen molar-refractivity contribution < 1.29 is 14.3 Å². The molecule has 1 aliphatic rings. The molecular formula is C13H11FN2O3. The summed E-state index contributed by atoms with van der Waals surface area (Å²) in [6.45, 7) is 0. The van der Waals surface area contributed by atoms with Crippen molar-refractivity contribution in [3.63, 3.8) is 0 Å². The zero-order valence-electron chi connectivity index (χ0n) is 9.89. The molecule has 2 aromatic rings. The van der Waals surface area contributed by atoms with Crippen LogP contribution in [0, 0.1) is 5.82 Å². The van der Waals surface area contributed by atoms with Gasteiger partial charge in [0, 0.05) is 17.6 Å². The fraction of sp³-hybridized carbons (Fsp3) is 0.231. The summed E-state index contributed by atoms with van der Waals surface area (Å²) in [6, 6.07) is 2.56. The summed E-state index contributed by atoms with van der Waals surface area (Å²) in [5, 5.41) is 9.10. The van der Waals surface area contributed by atoms with E-state index in [0.29, 0.717) is 5.52 Å². The summed E-state index contributed by atoms with van der Waals surface area (Å²) in [5.41, 5.74) is 4.92. The number of benzene rings is 1. The largest absolute Gasteiger partial charge is 0.477 e. The highest BCUT2D eigenvalue weighted by atomic mass is 19.1. The first-order valence-electron chi connectivity index (χ1n) is 5.86. The van der Waals surface area contributed by atoms with E-state index in [1.165, 1.54) is 12.3 Å². The lowest BCUT2D eigenvalue weighted by molar-refractivity contribution is 0.0695. The van der Waals surface area contributed by atoms with Crippen molar-refractivity contribution in [3.8, 4) is 0 Å². The van der Waals surface area contributed by atoms with E-state index in [2.05, 4.69) is 0 Å². The molecule has 3 rings (SSSR count). The van der Waals surface area contributed by atoms with Crippen molar-refractivity contribution in [1.82, 2.24) is 4.57 Å². The number of pyridine rings is 1. The van der Waals surface area contributed by atoms with Gasteiger partial charge < -0.3 is 15.4 Å². The van der Waals surface area contributed by atoms with Crippen molar-refractivity contribution in [2.24, 2.45) is 0 Å². The molecule has 1 heterocycles. The van der Waals surface area contributed by atoms with Crippen LogP contribution in [0.15, 0.2) is 23.1 Å². The lowest BCUT2D eigenvalue weighted by atomic mass is 10.1. The van der Waals surface area contributed by atoms with Crippen LogP contribution < -0.4 is 11.2 Å². The number of hydrogen-bond donors (Lipinski definition) is 2. The Bertz CT molecular complexity index is 763. The normalized spacial score (nSPS) is 14.8. The van der Waals surface area contributed by atoms with E-state index in [1.54, 1.807) is 4.57 Å². The van der Waals surface area contributed by atoms with E-state index in [4.69, 9.17) is 10.8 Å². The van der Waals surface area contributed by atoms with Gasteiger partial charge in [-0.25, -0.2) is 9.18 Å². The zero-order valence-corrected chi connectivity index (χ0v) is 9.89. The molecule has 3 N–H and O–H groups in total. The maximum Gasteiger partial charge on any atom is 0.341 e. The van der Waals surface area contributed by atoms with Crippen LogP contribution >= 0.6 is 0 Å². The molecule has 6 heteroatoms. The Morgan fingerprint density at radius 3 is 2.68 bits per heavy atom. The second-order valence-electron chi connectivity index (χ2n) is 4.71. The Hall–Kier alpha value is -2.37. The highest BCUT2D eigenvalue weighted by Crippen LogP contribution is 2.37. The quantitative estimate of drug-likeness (QED) is 0.807. The van der Waals surface area contributed by atoms with Crippen LogP contribution in [0.4, 0.5) is 10.1 Å². The number of nitrogen functional groups attached to an aromatic ring is 1.